The minimum Gasteiger partial charge on any atom is -0.356 e. The summed E-state index contributed by atoms with van der Waals surface area (Å²) in [4.78, 5) is 23.5. The number of carbonyl (C=O) groups excluding carboxylic acids is 2. The Morgan fingerprint density at radius 2 is 1.42 bits per heavy atom. The molecule has 24 heavy (non-hydrogen) atoms. The van der Waals surface area contributed by atoms with Gasteiger partial charge >= 0.3 is 11.8 Å². The number of hydrogen-bond acceptors (Lipinski definition) is 3. The van der Waals surface area contributed by atoms with E-state index in [1.54, 1.807) is 12.1 Å². The first-order valence-corrected chi connectivity index (χ1v) is 8.20. The fraction of sp³-hybridized carbons (Fsp3) is 0.263. The average molecular weight is 325 g/mol. The summed E-state index contributed by atoms with van der Waals surface area (Å²) >= 11 is 0. The normalized spacial score (nSPS) is 10.0. The van der Waals surface area contributed by atoms with Gasteiger partial charge in [-0.05, 0) is 42.8 Å². The molecule has 2 aromatic carbocycles. The highest BCUT2D eigenvalue weighted by Gasteiger charge is 2.12. The molecular weight excluding hydrogens is 302 g/mol. The van der Waals surface area contributed by atoms with Crippen LogP contribution in [0.3, 0.4) is 0 Å². The Labute approximate surface area is 142 Å². The molecule has 0 aliphatic heterocycles. The molecular formula is C19H23N3O2. The topological polar surface area (TPSA) is 70.2 Å². The third-order valence-corrected chi connectivity index (χ3v) is 3.48. The summed E-state index contributed by atoms with van der Waals surface area (Å²) in [7, 11) is 0. The Bertz CT molecular complexity index is 654. The smallest absolute Gasteiger partial charge is 0.313 e. The van der Waals surface area contributed by atoms with Crippen molar-refractivity contribution in [3.8, 4) is 0 Å². The van der Waals surface area contributed by atoms with Crippen LogP contribution in [0.1, 0.15) is 26.2 Å². The number of anilines is 3. The molecule has 0 aromatic heterocycles. The van der Waals surface area contributed by atoms with Crippen LogP contribution in [0.5, 0.6) is 0 Å². The molecule has 0 aliphatic rings. The second kappa shape index (κ2) is 9.35. The molecule has 0 radical (unpaired) electrons. The number of hydrogen-bond donors (Lipinski definition) is 3. The lowest BCUT2D eigenvalue weighted by Crippen LogP contribution is -2.35. The molecule has 126 valence electrons. The quantitative estimate of drug-likeness (QED) is 0.537. The highest BCUT2D eigenvalue weighted by molar-refractivity contribution is 6.39. The van der Waals surface area contributed by atoms with E-state index in [1.807, 2.05) is 42.5 Å². The van der Waals surface area contributed by atoms with Crippen LogP contribution < -0.4 is 16.0 Å². The van der Waals surface area contributed by atoms with Crippen LogP contribution in [0.15, 0.2) is 54.6 Å². The molecule has 0 saturated carbocycles. The van der Waals surface area contributed by atoms with E-state index in [2.05, 4.69) is 22.9 Å². The van der Waals surface area contributed by atoms with E-state index in [1.165, 1.54) is 0 Å². The van der Waals surface area contributed by atoms with Gasteiger partial charge < -0.3 is 16.0 Å². The molecule has 2 aromatic rings. The third-order valence-electron chi connectivity index (χ3n) is 3.48. The molecule has 0 saturated heterocycles. The summed E-state index contributed by atoms with van der Waals surface area (Å²) in [5, 5.41) is 8.47. The summed E-state index contributed by atoms with van der Waals surface area (Å²) in [5.74, 6) is -1.24. The number of para-hydroxylation sites is 1. The molecule has 0 atom stereocenters. The third kappa shape index (κ3) is 5.76. The van der Waals surface area contributed by atoms with E-state index in [9.17, 15) is 9.59 Å². The summed E-state index contributed by atoms with van der Waals surface area (Å²) < 4.78 is 0. The fourth-order valence-corrected chi connectivity index (χ4v) is 2.17. The number of nitrogens with one attached hydrogen (secondary N) is 3. The molecule has 0 fully saturated rings. The molecule has 0 aliphatic carbocycles. The van der Waals surface area contributed by atoms with E-state index >= 15 is 0 Å². The van der Waals surface area contributed by atoms with Gasteiger partial charge in [-0.3, -0.25) is 9.59 Å². The van der Waals surface area contributed by atoms with Gasteiger partial charge in [0.15, 0.2) is 0 Å². The van der Waals surface area contributed by atoms with Crippen LogP contribution in [0, 0.1) is 0 Å². The Kier molecular flexibility index (Phi) is 6.83. The van der Waals surface area contributed by atoms with Gasteiger partial charge in [0.1, 0.15) is 0 Å². The van der Waals surface area contributed by atoms with Crippen molar-refractivity contribution < 1.29 is 9.59 Å². The molecule has 5 nitrogen and oxygen atoms in total. The minimum atomic E-state index is -0.643. The van der Waals surface area contributed by atoms with E-state index < -0.39 is 11.8 Å². The van der Waals surface area contributed by atoms with Gasteiger partial charge in [-0.2, -0.15) is 0 Å². The first kappa shape index (κ1) is 17.5. The van der Waals surface area contributed by atoms with Gasteiger partial charge in [0.25, 0.3) is 0 Å². The minimum absolute atomic E-state index is 0.528. The van der Waals surface area contributed by atoms with Gasteiger partial charge in [-0.1, -0.05) is 38.0 Å². The van der Waals surface area contributed by atoms with Gasteiger partial charge in [0.2, 0.25) is 0 Å². The Balaban J connectivity index is 1.82. The predicted molar refractivity (Wildman–Crippen MR) is 97.3 cm³/mol. The highest BCUT2D eigenvalue weighted by atomic mass is 16.2. The zero-order valence-corrected chi connectivity index (χ0v) is 13.8. The van der Waals surface area contributed by atoms with Crippen molar-refractivity contribution >= 4 is 28.9 Å². The maximum atomic E-state index is 11.8. The van der Waals surface area contributed by atoms with Gasteiger partial charge in [0, 0.05) is 23.6 Å². The maximum Gasteiger partial charge on any atom is 0.313 e. The van der Waals surface area contributed by atoms with Crippen LogP contribution in [0.25, 0.3) is 0 Å². The number of rotatable bonds is 7. The van der Waals surface area contributed by atoms with Crippen molar-refractivity contribution in [3.63, 3.8) is 0 Å². The van der Waals surface area contributed by atoms with Crippen LogP contribution in [-0.4, -0.2) is 18.4 Å². The van der Waals surface area contributed by atoms with Gasteiger partial charge in [0.05, 0.1) is 0 Å². The number of amides is 2. The molecule has 2 amide bonds. The Hall–Kier alpha value is -2.82. The second-order valence-electron chi connectivity index (χ2n) is 5.49. The fourth-order valence-electron chi connectivity index (χ4n) is 2.17. The highest BCUT2D eigenvalue weighted by Crippen LogP contribution is 2.18. The summed E-state index contributed by atoms with van der Waals surface area (Å²) in [5.41, 5.74) is 2.48. The van der Waals surface area contributed by atoms with Crippen molar-refractivity contribution in [2.75, 3.05) is 17.2 Å². The van der Waals surface area contributed by atoms with Crippen molar-refractivity contribution in [3.05, 3.63) is 54.6 Å². The summed E-state index contributed by atoms with van der Waals surface area (Å²) in [6.07, 6.45) is 3.00. The van der Waals surface area contributed by atoms with Crippen LogP contribution in [0.4, 0.5) is 17.1 Å². The first-order valence-electron chi connectivity index (χ1n) is 8.20. The molecule has 5 heteroatoms. The van der Waals surface area contributed by atoms with Crippen molar-refractivity contribution in [1.29, 1.82) is 0 Å². The van der Waals surface area contributed by atoms with Crippen LogP contribution in [0.2, 0.25) is 0 Å². The lowest BCUT2D eigenvalue weighted by atomic mass is 10.2. The first-order chi connectivity index (χ1) is 11.7. The predicted octanol–water partition coefficient (Wildman–Crippen LogP) is 3.68. The van der Waals surface area contributed by atoms with E-state index in [0.29, 0.717) is 12.2 Å². The summed E-state index contributed by atoms with van der Waals surface area (Å²) in [6.45, 7) is 2.62. The Morgan fingerprint density at radius 3 is 2.08 bits per heavy atom. The SMILES string of the molecule is CCCCCNC(=O)C(=O)Nc1ccc(Nc2ccccc2)cc1. The Morgan fingerprint density at radius 1 is 0.792 bits per heavy atom. The zero-order chi connectivity index (χ0) is 17.2. The average Bonchev–Trinajstić information content (AvgIpc) is 2.61. The molecule has 0 unspecified atom stereocenters. The molecule has 0 bridgehead atoms. The van der Waals surface area contributed by atoms with E-state index in [4.69, 9.17) is 0 Å². The number of benzene rings is 2. The molecule has 3 N–H and O–H groups in total. The lowest BCUT2D eigenvalue weighted by molar-refractivity contribution is -0.136. The standard InChI is InChI=1S/C19H23N3O2/c1-2-3-7-14-20-18(23)19(24)22-17-12-10-16(11-13-17)21-15-8-5-4-6-9-15/h4-6,8-13,21H,2-3,7,14H2,1H3,(H,20,23)(H,22,24). The van der Waals surface area contributed by atoms with Gasteiger partial charge in [-0.25, -0.2) is 0 Å². The van der Waals surface area contributed by atoms with E-state index in [-0.39, 0.29) is 0 Å². The van der Waals surface area contributed by atoms with Crippen molar-refractivity contribution in [2.45, 2.75) is 26.2 Å². The van der Waals surface area contributed by atoms with Crippen LogP contribution >= 0.6 is 0 Å². The van der Waals surface area contributed by atoms with Gasteiger partial charge in [-0.15, -0.1) is 0 Å². The summed E-state index contributed by atoms with van der Waals surface area (Å²) in [6, 6.07) is 17.0. The molecule has 0 spiro atoms. The van der Waals surface area contributed by atoms with Crippen molar-refractivity contribution in [2.24, 2.45) is 0 Å². The second-order valence-corrected chi connectivity index (χ2v) is 5.49. The molecule has 0 heterocycles. The number of carbonyl (C=O) groups is 2. The zero-order valence-electron chi connectivity index (χ0n) is 13.8. The molecule has 2 rings (SSSR count). The number of unbranched alkanes of at least 4 members (excludes halogenated alkanes) is 2. The van der Waals surface area contributed by atoms with Crippen LogP contribution in [-0.2, 0) is 9.59 Å². The lowest BCUT2D eigenvalue weighted by Gasteiger charge is -2.09. The monoisotopic (exact) mass is 325 g/mol. The maximum absolute atomic E-state index is 11.8. The van der Waals surface area contributed by atoms with Crippen molar-refractivity contribution in [1.82, 2.24) is 5.32 Å². The largest absolute Gasteiger partial charge is 0.356 e. The van der Waals surface area contributed by atoms with E-state index in [0.717, 1.165) is 30.6 Å².